The van der Waals surface area contributed by atoms with E-state index in [2.05, 4.69) is 17.0 Å². The molecule has 20 heavy (non-hydrogen) atoms. The second-order valence-electron chi connectivity index (χ2n) is 5.22. The second-order valence-corrected chi connectivity index (χ2v) is 5.22. The summed E-state index contributed by atoms with van der Waals surface area (Å²) in [5.74, 6) is 0. The van der Waals surface area contributed by atoms with E-state index in [1.54, 1.807) is 0 Å². The quantitative estimate of drug-likeness (QED) is 0.878. The van der Waals surface area contributed by atoms with Crippen molar-refractivity contribution in [3.05, 3.63) is 35.9 Å². The molecule has 1 aliphatic heterocycles. The Morgan fingerprint density at radius 3 is 2.65 bits per heavy atom. The molecule has 0 saturated carbocycles. The maximum absolute atomic E-state index is 11.3. The van der Waals surface area contributed by atoms with Crippen molar-refractivity contribution in [1.29, 1.82) is 0 Å². The number of amides is 1. The number of carbonyl (C=O) groups is 1. The van der Waals surface area contributed by atoms with Crippen molar-refractivity contribution < 1.29 is 15.0 Å². The van der Waals surface area contributed by atoms with Gasteiger partial charge in [0, 0.05) is 38.8 Å². The highest BCUT2D eigenvalue weighted by Crippen LogP contribution is 2.15. The highest BCUT2D eigenvalue weighted by atomic mass is 16.4. The van der Waals surface area contributed by atoms with E-state index in [9.17, 15) is 9.90 Å². The summed E-state index contributed by atoms with van der Waals surface area (Å²) in [6.45, 7) is 2.97. The summed E-state index contributed by atoms with van der Waals surface area (Å²) in [6, 6.07) is 10.1. The molecule has 1 unspecified atom stereocenters. The van der Waals surface area contributed by atoms with E-state index in [4.69, 9.17) is 5.11 Å². The Labute approximate surface area is 119 Å². The molecule has 5 nitrogen and oxygen atoms in total. The monoisotopic (exact) mass is 278 g/mol. The van der Waals surface area contributed by atoms with E-state index >= 15 is 0 Å². The Kier molecular flexibility index (Phi) is 5.38. The molecule has 1 aromatic carbocycles. The lowest BCUT2D eigenvalue weighted by Crippen LogP contribution is -2.44. The molecule has 2 N–H and O–H groups in total. The van der Waals surface area contributed by atoms with Crippen LogP contribution in [-0.2, 0) is 6.54 Å². The van der Waals surface area contributed by atoms with Gasteiger partial charge in [-0.25, -0.2) is 4.79 Å². The first-order chi connectivity index (χ1) is 9.70. The molecule has 1 saturated heterocycles. The topological polar surface area (TPSA) is 64.0 Å². The minimum absolute atomic E-state index is 0.0215. The van der Waals surface area contributed by atoms with Gasteiger partial charge in [0.15, 0.2) is 0 Å². The first kappa shape index (κ1) is 14.8. The molecule has 5 heteroatoms. The molecule has 0 spiro atoms. The molecule has 1 aromatic rings. The number of aliphatic hydroxyl groups is 1. The van der Waals surface area contributed by atoms with E-state index < -0.39 is 6.09 Å². The Bertz CT molecular complexity index is 424. The minimum atomic E-state index is -0.884. The fraction of sp³-hybridized carbons (Fsp3) is 0.533. The zero-order chi connectivity index (χ0) is 14.4. The van der Waals surface area contributed by atoms with Crippen molar-refractivity contribution in [3.8, 4) is 0 Å². The number of hydrogen-bond acceptors (Lipinski definition) is 3. The van der Waals surface area contributed by atoms with Crippen LogP contribution in [0.3, 0.4) is 0 Å². The van der Waals surface area contributed by atoms with Crippen LogP contribution in [0.5, 0.6) is 0 Å². The van der Waals surface area contributed by atoms with Crippen LogP contribution in [0.4, 0.5) is 4.79 Å². The molecule has 1 atom stereocenters. The maximum Gasteiger partial charge on any atom is 0.407 e. The molecule has 1 amide bonds. The van der Waals surface area contributed by atoms with Crippen LogP contribution in [0.1, 0.15) is 18.4 Å². The van der Waals surface area contributed by atoms with Crippen molar-refractivity contribution in [2.24, 2.45) is 0 Å². The van der Waals surface area contributed by atoms with Crippen LogP contribution < -0.4 is 0 Å². The van der Waals surface area contributed by atoms with Crippen LogP contribution in [0, 0.1) is 0 Å². The predicted molar refractivity (Wildman–Crippen MR) is 76.6 cm³/mol. The molecule has 0 radical (unpaired) electrons. The average Bonchev–Trinajstić information content (AvgIpc) is 2.63. The third-order valence-corrected chi connectivity index (χ3v) is 3.74. The molecule has 0 aromatic heterocycles. The van der Waals surface area contributed by atoms with Gasteiger partial charge in [0.2, 0.25) is 0 Å². The second kappa shape index (κ2) is 7.26. The normalized spacial score (nSPS) is 20.6. The van der Waals surface area contributed by atoms with Crippen LogP contribution >= 0.6 is 0 Å². The van der Waals surface area contributed by atoms with E-state index in [0.29, 0.717) is 19.5 Å². The summed E-state index contributed by atoms with van der Waals surface area (Å²) in [4.78, 5) is 15.0. The number of hydrogen-bond donors (Lipinski definition) is 2. The lowest BCUT2D eigenvalue weighted by Gasteiger charge is -2.29. The largest absolute Gasteiger partial charge is 0.465 e. The molecule has 1 fully saturated rings. The fourth-order valence-electron chi connectivity index (χ4n) is 2.77. The van der Waals surface area contributed by atoms with Gasteiger partial charge in [-0.05, 0) is 18.4 Å². The molecule has 2 rings (SSSR count). The molecule has 0 aliphatic carbocycles. The van der Waals surface area contributed by atoms with Gasteiger partial charge in [0.05, 0.1) is 0 Å². The highest BCUT2D eigenvalue weighted by molar-refractivity contribution is 5.65. The lowest BCUT2D eigenvalue weighted by molar-refractivity contribution is 0.109. The summed E-state index contributed by atoms with van der Waals surface area (Å²) in [6.07, 6.45) is 0.448. The minimum Gasteiger partial charge on any atom is -0.465 e. The van der Waals surface area contributed by atoms with E-state index in [0.717, 1.165) is 19.5 Å². The average molecular weight is 278 g/mol. The number of rotatable bonds is 4. The molecular weight excluding hydrogens is 256 g/mol. The summed E-state index contributed by atoms with van der Waals surface area (Å²) < 4.78 is 0. The Balaban J connectivity index is 2.03. The fourth-order valence-corrected chi connectivity index (χ4v) is 2.77. The predicted octanol–water partition coefficient (Wildman–Crippen LogP) is 1.62. The third kappa shape index (κ3) is 3.95. The highest BCUT2D eigenvalue weighted by Gasteiger charge is 2.27. The van der Waals surface area contributed by atoms with Crippen molar-refractivity contribution in [3.63, 3.8) is 0 Å². The molecule has 0 bridgehead atoms. The first-order valence-corrected chi connectivity index (χ1v) is 7.07. The number of aliphatic hydroxyl groups excluding tert-OH is 1. The van der Waals surface area contributed by atoms with Crippen LogP contribution in [-0.4, -0.2) is 58.4 Å². The van der Waals surface area contributed by atoms with E-state index in [1.807, 2.05) is 18.2 Å². The van der Waals surface area contributed by atoms with Crippen LogP contribution in [0.2, 0.25) is 0 Å². The standard InChI is InChI=1S/C15H22N2O3/c18-10-7-14-12-16(8-4-9-17(14)15(19)20)11-13-5-2-1-3-6-13/h1-3,5-6,14,18H,4,7-12H2,(H,19,20). The van der Waals surface area contributed by atoms with Gasteiger partial charge in [0.1, 0.15) is 0 Å². The zero-order valence-corrected chi connectivity index (χ0v) is 11.6. The number of nitrogens with zero attached hydrogens (tertiary/aromatic N) is 2. The SMILES string of the molecule is O=C(O)N1CCCN(Cc2ccccc2)CC1CCO. The van der Waals surface area contributed by atoms with Crippen LogP contribution in [0.25, 0.3) is 0 Å². The van der Waals surface area contributed by atoms with Gasteiger partial charge in [0.25, 0.3) is 0 Å². The molecular formula is C15H22N2O3. The number of carboxylic acid groups (broad SMARTS) is 1. The van der Waals surface area contributed by atoms with E-state index in [-0.39, 0.29) is 12.6 Å². The van der Waals surface area contributed by atoms with Gasteiger partial charge >= 0.3 is 6.09 Å². The summed E-state index contributed by atoms with van der Waals surface area (Å²) in [5.41, 5.74) is 1.24. The first-order valence-electron chi connectivity index (χ1n) is 7.07. The zero-order valence-electron chi connectivity index (χ0n) is 11.6. The van der Waals surface area contributed by atoms with E-state index in [1.165, 1.54) is 10.5 Å². The Hall–Kier alpha value is -1.59. The maximum atomic E-state index is 11.3. The summed E-state index contributed by atoms with van der Waals surface area (Å²) in [7, 11) is 0. The Morgan fingerprint density at radius 2 is 2.00 bits per heavy atom. The van der Waals surface area contributed by atoms with Crippen molar-refractivity contribution >= 4 is 6.09 Å². The van der Waals surface area contributed by atoms with Gasteiger partial charge in [-0.2, -0.15) is 0 Å². The smallest absolute Gasteiger partial charge is 0.407 e. The van der Waals surface area contributed by atoms with Gasteiger partial charge in [-0.15, -0.1) is 0 Å². The van der Waals surface area contributed by atoms with Gasteiger partial charge in [-0.3, -0.25) is 4.90 Å². The molecule has 1 aliphatic rings. The van der Waals surface area contributed by atoms with Crippen molar-refractivity contribution in [1.82, 2.24) is 9.80 Å². The lowest BCUT2D eigenvalue weighted by atomic mass is 10.1. The number of benzene rings is 1. The summed E-state index contributed by atoms with van der Waals surface area (Å²) in [5, 5.41) is 18.4. The van der Waals surface area contributed by atoms with Gasteiger partial charge < -0.3 is 15.1 Å². The third-order valence-electron chi connectivity index (χ3n) is 3.74. The van der Waals surface area contributed by atoms with Crippen molar-refractivity contribution in [2.45, 2.75) is 25.4 Å². The summed E-state index contributed by atoms with van der Waals surface area (Å²) >= 11 is 0. The Morgan fingerprint density at radius 1 is 1.25 bits per heavy atom. The van der Waals surface area contributed by atoms with Crippen LogP contribution in [0.15, 0.2) is 30.3 Å². The van der Waals surface area contributed by atoms with Crippen molar-refractivity contribution in [2.75, 3.05) is 26.2 Å². The molecule has 1 heterocycles. The van der Waals surface area contributed by atoms with Gasteiger partial charge in [-0.1, -0.05) is 30.3 Å². The molecule has 110 valence electrons.